The molecule has 0 saturated heterocycles. The first-order chi connectivity index (χ1) is 15.4. The van der Waals surface area contributed by atoms with Crippen LogP contribution in [0.4, 0.5) is 5.69 Å². The molecule has 3 aromatic rings. The van der Waals surface area contributed by atoms with Crippen LogP contribution in [0.15, 0.2) is 101 Å². The molecule has 2 unspecified atom stereocenters. The molecule has 3 aromatic carbocycles. The number of hydrogen-bond donors (Lipinski definition) is 2. The SMILES string of the molecule is CN1c2ccccc2/C(=C(\OP(=O)(O)O)Sc2ccc3ccccc3c2)C2C=CC=CC21. The van der Waals surface area contributed by atoms with Gasteiger partial charge in [-0.05, 0) is 29.0 Å². The number of likely N-dealkylation sites (N-methyl/N-ethyl adjacent to an activating group) is 1. The molecule has 1 heterocycles. The van der Waals surface area contributed by atoms with Crippen molar-refractivity contribution < 1.29 is 18.9 Å². The quantitative estimate of drug-likeness (QED) is 0.282. The summed E-state index contributed by atoms with van der Waals surface area (Å²) in [7, 11) is -2.74. The van der Waals surface area contributed by atoms with Gasteiger partial charge in [-0.25, -0.2) is 4.57 Å². The highest BCUT2D eigenvalue weighted by molar-refractivity contribution is 8.03. The van der Waals surface area contributed by atoms with Crippen LogP contribution < -0.4 is 4.90 Å². The maximum absolute atomic E-state index is 12.0. The number of phosphoric acid groups is 1. The average molecular weight is 463 g/mol. The van der Waals surface area contributed by atoms with Crippen LogP contribution in [-0.4, -0.2) is 22.9 Å². The van der Waals surface area contributed by atoms with E-state index < -0.39 is 7.82 Å². The van der Waals surface area contributed by atoms with Gasteiger partial charge in [0.15, 0.2) is 5.09 Å². The number of benzene rings is 3. The molecule has 162 valence electrons. The Hall–Kier alpha value is -2.76. The molecule has 0 fully saturated rings. The zero-order valence-electron chi connectivity index (χ0n) is 17.3. The second kappa shape index (κ2) is 8.30. The molecule has 32 heavy (non-hydrogen) atoms. The molecule has 1 aliphatic heterocycles. The fourth-order valence-electron chi connectivity index (χ4n) is 4.40. The molecule has 1 aliphatic carbocycles. The average Bonchev–Trinajstić information content (AvgIpc) is 2.78. The van der Waals surface area contributed by atoms with Crippen molar-refractivity contribution in [3.05, 3.63) is 102 Å². The first-order valence-corrected chi connectivity index (χ1v) is 12.6. The summed E-state index contributed by atoms with van der Waals surface area (Å²) >= 11 is 1.25. The molecule has 0 spiro atoms. The van der Waals surface area contributed by atoms with Gasteiger partial charge in [0.05, 0.1) is 6.04 Å². The van der Waals surface area contributed by atoms with E-state index in [0.29, 0.717) is 0 Å². The summed E-state index contributed by atoms with van der Waals surface area (Å²) < 4.78 is 17.4. The minimum atomic E-state index is -4.78. The highest BCUT2D eigenvalue weighted by atomic mass is 32.2. The molecular formula is C25H22NO4PS. The van der Waals surface area contributed by atoms with Gasteiger partial charge in [-0.3, -0.25) is 9.79 Å². The monoisotopic (exact) mass is 463 g/mol. The summed E-state index contributed by atoms with van der Waals surface area (Å²) in [4.78, 5) is 22.6. The highest BCUT2D eigenvalue weighted by Gasteiger charge is 2.38. The van der Waals surface area contributed by atoms with Gasteiger partial charge in [0, 0.05) is 34.7 Å². The van der Waals surface area contributed by atoms with Crippen LogP contribution in [0.1, 0.15) is 5.56 Å². The number of nitrogens with zero attached hydrogens (tertiary/aromatic N) is 1. The lowest BCUT2D eigenvalue weighted by molar-refractivity contribution is 0.254. The van der Waals surface area contributed by atoms with Gasteiger partial charge in [-0.15, -0.1) is 0 Å². The van der Waals surface area contributed by atoms with E-state index in [4.69, 9.17) is 4.52 Å². The third kappa shape index (κ3) is 4.03. The van der Waals surface area contributed by atoms with Crippen LogP contribution in [0.2, 0.25) is 0 Å². The van der Waals surface area contributed by atoms with E-state index in [0.717, 1.165) is 32.5 Å². The Kier molecular flexibility index (Phi) is 5.48. The van der Waals surface area contributed by atoms with Crippen LogP contribution in [0.3, 0.4) is 0 Å². The second-order valence-electron chi connectivity index (χ2n) is 7.81. The predicted octanol–water partition coefficient (Wildman–Crippen LogP) is 5.97. The summed E-state index contributed by atoms with van der Waals surface area (Å²) in [6.07, 6.45) is 8.15. The van der Waals surface area contributed by atoms with E-state index in [1.54, 1.807) is 0 Å². The minimum Gasteiger partial charge on any atom is -0.397 e. The lowest BCUT2D eigenvalue weighted by Gasteiger charge is -2.42. The number of phosphoric ester groups is 1. The fraction of sp³-hybridized carbons (Fsp3) is 0.120. The molecule has 5 rings (SSSR count). The standard InChI is InChI=1S/C25H22NO4PS/c1-26-22-12-6-4-10-20(22)24(21-11-5-7-13-23(21)26)25(30-31(27,28)29)32-19-15-14-17-8-2-3-9-18(17)16-19/h2-16,20,22H,1H3,(H2,27,28,29)/b25-24+. The van der Waals surface area contributed by atoms with Crippen molar-refractivity contribution in [3.63, 3.8) is 0 Å². The van der Waals surface area contributed by atoms with E-state index in [2.05, 4.69) is 17.1 Å². The number of anilines is 1. The Balaban J connectivity index is 1.70. The Bertz CT molecular complexity index is 1330. The minimum absolute atomic E-state index is 0.0254. The van der Waals surface area contributed by atoms with Crippen LogP contribution >= 0.6 is 19.6 Å². The Morgan fingerprint density at radius 2 is 1.69 bits per heavy atom. The van der Waals surface area contributed by atoms with E-state index in [9.17, 15) is 14.4 Å². The summed E-state index contributed by atoms with van der Waals surface area (Å²) in [5.74, 6) is -0.102. The van der Waals surface area contributed by atoms with Gasteiger partial charge in [-0.2, -0.15) is 0 Å². The molecule has 2 atom stereocenters. The van der Waals surface area contributed by atoms with Crippen LogP contribution in [-0.2, 0) is 9.09 Å². The van der Waals surface area contributed by atoms with Crippen molar-refractivity contribution in [2.45, 2.75) is 10.9 Å². The smallest absolute Gasteiger partial charge is 0.397 e. The van der Waals surface area contributed by atoms with Crippen molar-refractivity contribution in [1.29, 1.82) is 0 Å². The van der Waals surface area contributed by atoms with Gasteiger partial charge in [0.25, 0.3) is 0 Å². The van der Waals surface area contributed by atoms with E-state index >= 15 is 0 Å². The molecule has 2 aliphatic rings. The highest BCUT2D eigenvalue weighted by Crippen LogP contribution is 2.52. The topological polar surface area (TPSA) is 70.0 Å². The molecule has 0 bridgehead atoms. The number of rotatable bonds is 4. The Labute approximate surface area is 191 Å². The van der Waals surface area contributed by atoms with Gasteiger partial charge in [-0.1, -0.05) is 84.6 Å². The molecule has 0 amide bonds. The lowest BCUT2D eigenvalue weighted by Crippen LogP contribution is -2.41. The molecule has 2 N–H and O–H groups in total. The first kappa shape index (κ1) is 21.1. The number of para-hydroxylation sites is 1. The lowest BCUT2D eigenvalue weighted by atomic mass is 9.79. The summed E-state index contributed by atoms with van der Waals surface area (Å²) in [6, 6.07) is 21.9. The van der Waals surface area contributed by atoms with E-state index in [1.807, 2.05) is 85.9 Å². The normalized spacial score (nSPS) is 21.3. The van der Waals surface area contributed by atoms with E-state index in [1.165, 1.54) is 11.8 Å². The van der Waals surface area contributed by atoms with Crippen LogP contribution in [0, 0.1) is 5.92 Å². The molecule has 0 aromatic heterocycles. The van der Waals surface area contributed by atoms with Crippen LogP contribution in [0.5, 0.6) is 0 Å². The van der Waals surface area contributed by atoms with E-state index in [-0.39, 0.29) is 17.1 Å². The van der Waals surface area contributed by atoms with Crippen molar-refractivity contribution in [1.82, 2.24) is 0 Å². The second-order valence-corrected chi connectivity index (χ2v) is 10.0. The molecule has 5 nitrogen and oxygen atoms in total. The zero-order valence-corrected chi connectivity index (χ0v) is 19.0. The van der Waals surface area contributed by atoms with Crippen molar-refractivity contribution >= 4 is 41.6 Å². The third-order valence-corrected chi connectivity index (χ3v) is 7.34. The number of allylic oxidation sites excluding steroid dienone is 2. The van der Waals surface area contributed by atoms with Gasteiger partial charge in [0.2, 0.25) is 0 Å². The Morgan fingerprint density at radius 3 is 2.50 bits per heavy atom. The van der Waals surface area contributed by atoms with Crippen LogP contribution in [0.25, 0.3) is 16.3 Å². The van der Waals surface area contributed by atoms with Crippen molar-refractivity contribution in [2.75, 3.05) is 11.9 Å². The van der Waals surface area contributed by atoms with Gasteiger partial charge in [0.1, 0.15) is 0 Å². The van der Waals surface area contributed by atoms with Crippen molar-refractivity contribution in [3.8, 4) is 0 Å². The maximum Gasteiger partial charge on any atom is 0.525 e. The number of fused-ring (bicyclic) bond motifs is 3. The summed E-state index contributed by atoms with van der Waals surface area (Å²) in [6.45, 7) is 0. The van der Waals surface area contributed by atoms with Gasteiger partial charge < -0.3 is 9.42 Å². The number of thioether (sulfide) groups is 1. The molecular weight excluding hydrogens is 441 g/mol. The third-order valence-electron chi connectivity index (χ3n) is 5.81. The summed E-state index contributed by atoms with van der Waals surface area (Å²) in [5, 5.41) is 2.39. The molecule has 7 heteroatoms. The number of hydrogen-bond acceptors (Lipinski definition) is 4. The van der Waals surface area contributed by atoms with Crippen molar-refractivity contribution in [2.24, 2.45) is 5.92 Å². The summed E-state index contributed by atoms with van der Waals surface area (Å²) in [5.41, 5.74) is 2.69. The largest absolute Gasteiger partial charge is 0.525 e. The zero-order chi connectivity index (χ0) is 22.3. The molecule has 0 saturated carbocycles. The maximum atomic E-state index is 12.0. The predicted molar refractivity (Wildman–Crippen MR) is 130 cm³/mol. The molecule has 0 radical (unpaired) electrons. The van der Waals surface area contributed by atoms with Gasteiger partial charge >= 0.3 is 7.82 Å². The fourth-order valence-corrected chi connectivity index (χ4v) is 6.04. The first-order valence-electron chi connectivity index (χ1n) is 10.2. The Morgan fingerprint density at radius 1 is 0.969 bits per heavy atom.